The minimum absolute atomic E-state index is 0.339. The predicted molar refractivity (Wildman–Crippen MR) is 33.4 cm³/mol. The standard InChI is InChI=1S/C6H5FNO/c7-5-1-3-6(8-9)4-2-5/h1-4,8H/q-1. The summed E-state index contributed by atoms with van der Waals surface area (Å²) in [7, 11) is 0. The first-order chi connectivity index (χ1) is 4.33. The zero-order chi connectivity index (χ0) is 6.69. The van der Waals surface area contributed by atoms with Gasteiger partial charge in [-0.05, 0) is 24.3 Å². The number of hydrogen-bond acceptors (Lipinski definition) is 2. The van der Waals surface area contributed by atoms with E-state index in [1.165, 1.54) is 24.3 Å². The molecule has 0 aromatic heterocycles. The summed E-state index contributed by atoms with van der Waals surface area (Å²) in [5, 5.41) is 9.87. The topological polar surface area (TPSA) is 35.1 Å². The zero-order valence-electron chi connectivity index (χ0n) is 4.60. The first kappa shape index (κ1) is 6.04. The number of benzene rings is 1. The third kappa shape index (κ3) is 1.40. The van der Waals surface area contributed by atoms with Crippen LogP contribution < -0.4 is 5.48 Å². The molecule has 0 saturated carbocycles. The number of halogens is 1. The highest BCUT2D eigenvalue weighted by atomic mass is 19.1. The summed E-state index contributed by atoms with van der Waals surface area (Å²) in [6, 6.07) is 5.20. The Bertz CT molecular complexity index is 185. The van der Waals surface area contributed by atoms with E-state index in [0.717, 1.165) is 0 Å². The maximum atomic E-state index is 12.1. The molecular weight excluding hydrogens is 121 g/mol. The Morgan fingerprint density at radius 2 is 1.78 bits per heavy atom. The lowest BCUT2D eigenvalue weighted by molar-refractivity contribution is 0.628. The fraction of sp³-hybridized carbons (Fsp3) is 0. The monoisotopic (exact) mass is 126 g/mol. The van der Waals surface area contributed by atoms with Crippen molar-refractivity contribution in [1.29, 1.82) is 0 Å². The summed E-state index contributed by atoms with van der Waals surface area (Å²) in [5.41, 5.74) is 2.01. The van der Waals surface area contributed by atoms with Crippen molar-refractivity contribution < 1.29 is 4.39 Å². The van der Waals surface area contributed by atoms with Crippen molar-refractivity contribution >= 4 is 5.69 Å². The second kappa shape index (κ2) is 2.46. The van der Waals surface area contributed by atoms with Gasteiger partial charge in [-0.1, -0.05) is 0 Å². The second-order valence-corrected chi connectivity index (χ2v) is 1.61. The Labute approximate surface area is 51.9 Å². The van der Waals surface area contributed by atoms with Crippen molar-refractivity contribution in [3.05, 3.63) is 35.3 Å². The lowest BCUT2D eigenvalue weighted by atomic mass is 10.3. The third-order valence-electron chi connectivity index (χ3n) is 0.962. The molecule has 1 N–H and O–H groups in total. The number of anilines is 1. The van der Waals surface area contributed by atoms with E-state index in [-0.39, 0.29) is 5.82 Å². The molecule has 0 amide bonds. The van der Waals surface area contributed by atoms with Crippen LogP contribution in [-0.2, 0) is 0 Å². The predicted octanol–water partition coefficient (Wildman–Crippen LogP) is 1.74. The fourth-order valence-electron chi connectivity index (χ4n) is 0.518. The molecule has 0 radical (unpaired) electrons. The summed E-state index contributed by atoms with van der Waals surface area (Å²) >= 11 is 0. The Morgan fingerprint density at radius 3 is 2.22 bits per heavy atom. The highest BCUT2D eigenvalue weighted by molar-refractivity contribution is 5.43. The van der Waals surface area contributed by atoms with Crippen LogP contribution in [0.25, 0.3) is 0 Å². The van der Waals surface area contributed by atoms with Crippen LogP contribution >= 0.6 is 0 Å². The maximum absolute atomic E-state index is 12.1. The Balaban J connectivity index is 2.88. The van der Waals surface area contributed by atoms with Crippen molar-refractivity contribution in [1.82, 2.24) is 0 Å². The highest BCUT2D eigenvalue weighted by Gasteiger charge is 1.85. The van der Waals surface area contributed by atoms with Crippen molar-refractivity contribution in [2.45, 2.75) is 0 Å². The minimum atomic E-state index is -0.339. The van der Waals surface area contributed by atoms with Gasteiger partial charge in [-0.2, -0.15) is 0 Å². The lowest BCUT2D eigenvalue weighted by Gasteiger charge is -2.06. The Kier molecular flexibility index (Phi) is 1.65. The summed E-state index contributed by atoms with van der Waals surface area (Å²) in [5.74, 6) is -0.339. The van der Waals surface area contributed by atoms with Crippen LogP contribution in [0.3, 0.4) is 0 Å². The van der Waals surface area contributed by atoms with E-state index in [2.05, 4.69) is 0 Å². The van der Waals surface area contributed by atoms with Gasteiger partial charge >= 0.3 is 0 Å². The molecule has 1 aromatic rings. The van der Waals surface area contributed by atoms with E-state index < -0.39 is 0 Å². The summed E-state index contributed by atoms with van der Waals surface area (Å²) in [4.78, 5) is 0. The van der Waals surface area contributed by atoms with Crippen LogP contribution in [-0.4, -0.2) is 0 Å². The summed E-state index contributed by atoms with van der Waals surface area (Å²) in [6.45, 7) is 0. The van der Waals surface area contributed by atoms with Gasteiger partial charge in [-0.25, -0.2) is 4.39 Å². The Morgan fingerprint density at radius 1 is 1.22 bits per heavy atom. The van der Waals surface area contributed by atoms with Gasteiger partial charge < -0.3 is 10.7 Å². The largest absolute Gasteiger partial charge is 0.761 e. The van der Waals surface area contributed by atoms with Gasteiger partial charge in [0.05, 0.1) is 0 Å². The number of rotatable bonds is 1. The van der Waals surface area contributed by atoms with Crippen LogP contribution in [0, 0.1) is 11.0 Å². The van der Waals surface area contributed by atoms with Gasteiger partial charge in [0, 0.05) is 5.69 Å². The zero-order valence-corrected chi connectivity index (χ0v) is 4.60. The normalized spacial score (nSPS) is 9.11. The molecule has 2 nitrogen and oxygen atoms in total. The fourth-order valence-corrected chi connectivity index (χ4v) is 0.518. The minimum Gasteiger partial charge on any atom is -0.761 e. The molecule has 0 aliphatic carbocycles. The molecule has 0 unspecified atom stereocenters. The van der Waals surface area contributed by atoms with Crippen molar-refractivity contribution in [3.8, 4) is 0 Å². The average Bonchev–Trinajstić information content (AvgIpc) is 1.90. The van der Waals surface area contributed by atoms with Crippen LogP contribution in [0.15, 0.2) is 24.3 Å². The third-order valence-corrected chi connectivity index (χ3v) is 0.962. The Hall–Kier alpha value is -1.09. The van der Waals surface area contributed by atoms with Crippen LogP contribution in [0.4, 0.5) is 10.1 Å². The average molecular weight is 126 g/mol. The number of hydrogen-bond donors (Lipinski definition) is 1. The first-order valence-electron chi connectivity index (χ1n) is 2.46. The van der Waals surface area contributed by atoms with E-state index in [1.54, 1.807) is 5.48 Å². The van der Waals surface area contributed by atoms with Gasteiger partial charge in [0.2, 0.25) is 0 Å². The van der Waals surface area contributed by atoms with Crippen molar-refractivity contribution in [3.63, 3.8) is 0 Å². The molecule has 0 saturated heterocycles. The molecule has 0 spiro atoms. The quantitative estimate of drug-likeness (QED) is 0.581. The molecule has 0 aliphatic rings. The molecule has 0 bridgehead atoms. The summed E-state index contributed by atoms with van der Waals surface area (Å²) < 4.78 is 12.1. The molecule has 9 heavy (non-hydrogen) atoms. The van der Waals surface area contributed by atoms with E-state index in [9.17, 15) is 9.60 Å². The van der Waals surface area contributed by atoms with Gasteiger partial charge in [0.25, 0.3) is 0 Å². The van der Waals surface area contributed by atoms with E-state index in [1.807, 2.05) is 0 Å². The van der Waals surface area contributed by atoms with Crippen LogP contribution in [0.2, 0.25) is 0 Å². The number of nitrogens with one attached hydrogen (secondary N) is 1. The molecule has 0 heterocycles. The molecule has 0 fully saturated rings. The molecule has 3 heteroatoms. The van der Waals surface area contributed by atoms with Crippen LogP contribution in [0.5, 0.6) is 0 Å². The SMILES string of the molecule is [O-]Nc1ccc(F)cc1. The van der Waals surface area contributed by atoms with Crippen molar-refractivity contribution in [2.75, 3.05) is 5.48 Å². The second-order valence-electron chi connectivity index (χ2n) is 1.61. The summed E-state index contributed by atoms with van der Waals surface area (Å²) in [6.07, 6.45) is 0. The molecule has 0 atom stereocenters. The van der Waals surface area contributed by atoms with E-state index >= 15 is 0 Å². The molecular formula is C6H5FNO-. The van der Waals surface area contributed by atoms with E-state index in [0.29, 0.717) is 5.69 Å². The smallest absolute Gasteiger partial charge is 0.123 e. The molecule has 1 rings (SSSR count). The maximum Gasteiger partial charge on any atom is 0.123 e. The van der Waals surface area contributed by atoms with Gasteiger partial charge in [0.15, 0.2) is 0 Å². The molecule has 48 valence electrons. The molecule has 1 aromatic carbocycles. The van der Waals surface area contributed by atoms with Gasteiger partial charge in [-0.3, -0.25) is 0 Å². The van der Waals surface area contributed by atoms with Gasteiger partial charge in [-0.15, -0.1) is 0 Å². The lowest BCUT2D eigenvalue weighted by Crippen LogP contribution is -1.83. The van der Waals surface area contributed by atoms with Crippen LogP contribution in [0.1, 0.15) is 0 Å². The van der Waals surface area contributed by atoms with Crippen molar-refractivity contribution in [2.24, 2.45) is 0 Å². The van der Waals surface area contributed by atoms with Gasteiger partial charge in [0.1, 0.15) is 5.82 Å². The molecule has 0 aliphatic heterocycles. The highest BCUT2D eigenvalue weighted by Crippen LogP contribution is 2.06. The van der Waals surface area contributed by atoms with E-state index in [4.69, 9.17) is 0 Å². The first-order valence-corrected chi connectivity index (χ1v) is 2.46.